The fourth-order valence-corrected chi connectivity index (χ4v) is 2.93. The van der Waals surface area contributed by atoms with E-state index in [4.69, 9.17) is 9.47 Å². The van der Waals surface area contributed by atoms with Crippen molar-refractivity contribution in [2.75, 3.05) is 33.4 Å². The normalized spacial score (nSPS) is 14.8. The standard InChI is InChI=1S/C19H28N2O4/c1-3-25-16-10-9-15(14-17(16)24-2)19(23)20-11-7-13-21-12-6-4-5-8-18(21)22/h9-10,14H,3-8,11-13H2,1-2H3,(H,20,23). The van der Waals surface area contributed by atoms with Gasteiger partial charge in [0.15, 0.2) is 11.5 Å². The van der Waals surface area contributed by atoms with E-state index in [0.717, 1.165) is 32.2 Å². The zero-order chi connectivity index (χ0) is 18.1. The molecule has 6 heteroatoms. The van der Waals surface area contributed by atoms with Gasteiger partial charge >= 0.3 is 0 Å². The van der Waals surface area contributed by atoms with Crippen LogP contribution < -0.4 is 14.8 Å². The van der Waals surface area contributed by atoms with Crippen LogP contribution in [0.15, 0.2) is 18.2 Å². The van der Waals surface area contributed by atoms with Gasteiger partial charge in [-0.1, -0.05) is 6.42 Å². The lowest BCUT2D eigenvalue weighted by Crippen LogP contribution is -2.34. The summed E-state index contributed by atoms with van der Waals surface area (Å²) in [7, 11) is 1.55. The highest BCUT2D eigenvalue weighted by Crippen LogP contribution is 2.27. The number of likely N-dealkylation sites (tertiary alicyclic amines) is 1. The third-order valence-corrected chi connectivity index (χ3v) is 4.29. The third-order valence-electron chi connectivity index (χ3n) is 4.29. The average molecular weight is 348 g/mol. The number of methoxy groups -OCH3 is 1. The number of hydrogen-bond acceptors (Lipinski definition) is 4. The second kappa shape index (κ2) is 9.91. The number of ether oxygens (including phenoxy) is 2. The van der Waals surface area contributed by atoms with Crippen LogP contribution in [0.3, 0.4) is 0 Å². The first kappa shape index (κ1) is 19.1. The molecule has 1 N–H and O–H groups in total. The summed E-state index contributed by atoms with van der Waals surface area (Å²) in [6, 6.07) is 5.15. The van der Waals surface area contributed by atoms with Crippen LogP contribution in [0.5, 0.6) is 11.5 Å². The van der Waals surface area contributed by atoms with E-state index in [1.807, 2.05) is 11.8 Å². The molecule has 25 heavy (non-hydrogen) atoms. The summed E-state index contributed by atoms with van der Waals surface area (Å²) in [4.78, 5) is 26.1. The molecular formula is C19H28N2O4. The number of carbonyl (C=O) groups is 2. The largest absolute Gasteiger partial charge is 0.493 e. The van der Waals surface area contributed by atoms with E-state index in [1.54, 1.807) is 25.3 Å². The second-order valence-electron chi connectivity index (χ2n) is 6.10. The van der Waals surface area contributed by atoms with Crippen molar-refractivity contribution < 1.29 is 19.1 Å². The van der Waals surface area contributed by atoms with E-state index in [9.17, 15) is 9.59 Å². The fourth-order valence-electron chi connectivity index (χ4n) is 2.93. The van der Waals surface area contributed by atoms with Crippen molar-refractivity contribution in [2.45, 2.75) is 39.0 Å². The molecule has 0 radical (unpaired) electrons. The van der Waals surface area contributed by atoms with E-state index in [0.29, 0.717) is 43.2 Å². The third kappa shape index (κ3) is 5.66. The molecule has 0 spiro atoms. The van der Waals surface area contributed by atoms with Gasteiger partial charge in [0.25, 0.3) is 5.91 Å². The minimum absolute atomic E-state index is 0.149. The number of rotatable bonds is 8. The molecule has 0 aromatic heterocycles. The van der Waals surface area contributed by atoms with Gasteiger partial charge in [-0.2, -0.15) is 0 Å². The van der Waals surface area contributed by atoms with Gasteiger partial charge in [0.05, 0.1) is 13.7 Å². The fraction of sp³-hybridized carbons (Fsp3) is 0.579. The Kier molecular flexibility index (Phi) is 7.57. The monoisotopic (exact) mass is 348 g/mol. The molecular weight excluding hydrogens is 320 g/mol. The number of nitrogens with one attached hydrogen (secondary N) is 1. The first-order chi connectivity index (χ1) is 12.2. The summed E-state index contributed by atoms with van der Waals surface area (Å²) < 4.78 is 10.7. The van der Waals surface area contributed by atoms with Gasteiger partial charge in [-0.15, -0.1) is 0 Å². The summed E-state index contributed by atoms with van der Waals surface area (Å²) in [5.74, 6) is 1.26. The molecule has 0 aliphatic carbocycles. The topological polar surface area (TPSA) is 67.9 Å². The highest BCUT2D eigenvalue weighted by Gasteiger charge is 2.16. The second-order valence-corrected chi connectivity index (χ2v) is 6.10. The Morgan fingerprint density at radius 1 is 1.24 bits per heavy atom. The maximum atomic E-state index is 12.3. The Balaban J connectivity index is 1.80. The van der Waals surface area contributed by atoms with Crippen LogP contribution in [-0.4, -0.2) is 50.1 Å². The van der Waals surface area contributed by atoms with Gasteiger partial charge < -0.3 is 19.7 Å². The first-order valence-corrected chi connectivity index (χ1v) is 9.02. The summed E-state index contributed by atoms with van der Waals surface area (Å²) in [6.45, 7) is 4.51. The lowest BCUT2D eigenvalue weighted by Gasteiger charge is -2.20. The molecule has 0 bridgehead atoms. The van der Waals surface area contributed by atoms with Crippen LogP contribution in [0.25, 0.3) is 0 Å². The number of benzene rings is 1. The summed E-state index contributed by atoms with van der Waals surface area (Å²) in [5.41, 5.74) is 0.533. The van der Waals surface area contributed by atoms with E-state index in [2.05, 4.69) is 5.32 Å². The van der Waals surface area contributed by atoms with Gasteiger partial charge in [0.1, 0.15) is 0 Å². The summed E-state index contributed by atoms with van der Waals surface area (Å²) in [5, 5.41) is 2.90. The lowest BCUT2D eigenvalue weighted by atomic mass is 10.2. The van der Waals surface area contributed by atoms with Gasteiger partial charge in [-0.25, -0.2) is 0 Å². The molecule has 6 nitrogen and oxygen atoms in total. The van der Waals surface area contributed by atoms with Crippen molar-refractivity contribution >= 4 is 11.8 Å². The SMILES string of the molecule is CCOc1ccc(C(=O)NCCCN2CCCCCC2=O)cc1OC. The Labute approximate surface area is 149 Å². The number of hydrogen-bond donors (Lipinski definition) is 1. The molecule has 1 aliphatic heterocycles. The molecule has 138 valence electrons. The number of carbonyl (C=O) groups excluding carboxylic acids is 2. The zero-order valence-electron chi connectivity index (χ0n) is 15.2. The molecule has 1 aromatic carbocycles. The van der Waals surface area contributed by atoms with Crippen LogP contribution >= 0.6 is 0 Å². The average Bonchev–Trinajstić information content (AvgIpc) is 2.83. The van der Waals surface area contributed by atoms with E-state index < -0.39 is 0 Å². The summed E-state index contributed by atoms with van der Waals surface area (Å²) >= 11 is 0. The Morgan fingerprint density at radius 3 is 2.84 bits per heavy atom. The van der Waals surface area contributed by atoms with Gasteiger partial charge in [-0.3, -0.25) is 9.59 Å². The van der Waals surface area contributed by atoms with Gasteiger partial charge in [0, 0.05) is 31.6 Å². The number of nitrogens with zero attached hydrogens (tertiary/aromatic N) is 1. The van der Waals surface area contributed by atoms with Crippen molar-refractivity contribution in [3.8, 4) is 11.5 Å². The van der Waals surface area contributed by atoms with Crippen molar-refractivity contribution in [1.29, 1.82) is 0 Å². The molecule has 1 aliphatic rings. The maximum absolute atomic E-state index is 12.3. The maximum Gasteiger partial charge on any atom is 0.251 e. The van der Waals surface area contributed by atoms with Crippen LogP contribution in [0.2, 0.25) is 0 Å². The highest BCUT2D eigenvalue weighted by atomic mass is 16.5. The lowest BCUT2D eigenvalue weighted by molar-refractivity contribution is -0.130. The van der Waals surface area contributed by atoms with Crippen molar-refractivity contribution in [3.05, 3.63) is 23.8 Å². The van der Waals surface area contributed by atoms with Crippen molar-refractivity contribution in [3.63, 3.8) is 0 Å². The van der Waals surface area contributed by atoms with E-state index >= 15 is 0 Å². The predicted octanol–water partition coefficient (Wildman–Crippen LogP) is 2.62. The minimum Gasteiger partial charge on any atom is -0.493 e. The Bertz CT molecular complexity index is 589. The molecule has 1 heterocycles. The smallest absolute Gasteiger partial charge is 0.251 e. The van der Waals surface area contributed by atoms with Crippen LogP contribution in [-0.2, 0) is 4.79 Å². The Hall–Kier alpha value is -2.24. The molecule has 2 amide bonds. The molecule has 2 rings (SSSR count). The molecule has 0 atom stereocenters. The molecule has 0 saturated carbocycles. The van der Waals surface area contributed by atoms with Crippen molar-refractivity contribution in [2.24, 2.45) is 0 Å². The molecule has 1 saturated heterocycles. The summed E-state index contributed by atoms with van der Waals surface area (Å²) in [6.07, 6.45) is 4.60. The first-order valence-electron chi connectivity index (χ1n) is 9.02. The zero-order valence-corrected chi connectivity index (χ0v) is 15.2. The minimum atomic E-state index is -0.149. The van der Waals surface area contributed by atoms with Crippen molar-refractivity contribution in [1.82, 2.24) is 10.2 Å². The van der Waals surface area contributed by atoms with Crippen LogP contribution in [0, 0.1) is 0 Å². The van der Waals surface area contributed by atoms with Gasteiger partial charge in [-0.05, 0) is 44.4 Å². The van der Waals surface area contributed by atoms with E-state index in [1.165, 1.54) is 0 Å². The highest BCUT2D eigenvalue weighted by molar-refractivity contribution is 5.94. The molecule has 0 unspecified atom stereocenters. The number of amides is 2. The van der Waals surface area contributed by atoms with Crippen LogP contribution in [0.4, 0.5) is 0 Å². The molecule has 1 aromatic rings. The molecule has 1 fully saturated rings. The van der Waals surface area contributed by atoms with E-state index in [-0.39, 0.29) is 11.8 Å². The van der Waals surface area contributed by atoms with Gasteiger partial charge in [0.2, 0.25) is 5.91 Å². The van der Waals surface area contributed by atoms with Crippen LogP contribution in [0.1, 0.15) is 49.4 Å². The predicted molar refractivity (Wildman–Crippen MR) is 96.2 cm³/mol. The quantitative estimate of drug-likeness (QED) is 0.733. The Morgan fingerprint density at radius 2 is 2.08 bits per heavy atom.